The van der Waals surface area contributed by atoms with Crippen molar-refractivity contribution in [2.24, 2.45) is 0 Å². The van der Waals surface area contributed by atoms with Gasteiger partial charge in [-0.1, -0.05) is 16.8 Å². The first-order valence-corrected chi connectivity index (χ1v) is 8.29. The highest BCUT2D eigenvalue weighted by Crippen LogP contribution is 2.31. The summed E-state index contributed by atoms with van der Waals surface area (Å²) in [6, 6.07) is 7.60. The number of rotatable bonds is 3. The van der Waals surface area contributed by atoms with Gasteiger partial charge in [-0.15, -0.1) is 0 Å². The molecule has 122 valence electrons. The van der Waals surface area contributed by atoms with Gasteiger partial charge in [-0.2, -0.15) is 0 Å². The Morgan fingerprint density at radius 1 is 1.30 bits per heavy atom. The fourth-order valence-corrected chi connectivity index (χ4v) is 3.04. The molecule has 1 aliphatic rings. The van der Waals surface area contributed by atoms with Gasteiger partial charge in [-0.05, 0) is 44.5 Å². The number of hydrogen-bond donors (Lipinski definition) is 0. The highest BCUT2D eigenvalue weighted by molar-refractivity contribution is 6.30. The molecule has 2 amide bonds. The minimum Gasteiger partial charge on any atom is -0.356 e. The number of amides is 2. The molecule has 1 aliphatic heterocycles. The average Bonchev–Trinajstić information content (AvgIpc) is 2.99. The molecule has 5 nitrogen and oxygen atoms in total. The lowest BCUT2D eigenvalue weighted by molar-refractivity contribution is 0.151. The van der Waals surface area contributed by atoms with E-state index < -0.39 is 0 Å². The topological polar surface area (TPSA) is 49.6 Å². The maximum Gasteiger partial charge on any atom is 0.320 e. The van der Waals surface area contributed by atoms with Gasteiger partial charge < -0.3 is 14.3 Å². The molecule has 1 aromatic heterocycles. The first kappa shape index (κ1) is 15.9. The zero-order valence-electron chi connectivity index (χ0n) is 13.4. The monoisotopic (exact) mass is 333 g/mol. The van der Waals surface area contributed by atoms with Crippen molar-refractivity contribution >= 4 is 17.6 Å². The van der Waals surface area contributed by atoms with Crippen LogP contribution in [0.1, 0.15) is 25.1 Å². The number of halogens is 1. The molecule has 3 rings (SSSR count). The second-order valence-corrected chi connectivity index (χ2v) is 6.01. The minimum absolute atomic E-state index is 0.0664. The molecule has 0 radical (unpaired) electrons. The Balaban J connectivity index is 1.81. The van der Waals surface area contributed by atoms with Crippen molar-refractivity contribution in [3.63, 3.8) is 0 Å². The van der Waals surface area contributed by atoms with Crippen molar-refractivity contribution in [3.8, 4) is 11.3 Å². The molecule has 0 aliphatic carbocycles. The fourth-order valence-electron chi connectivity index (χ4n) is 2.92. The highest BCUT2D eigenvalue weighted by Gasteiger charge is 2.28. The van der Waals surface area contributed by atoms with Gasteiger partial charge in [0.15, 0.2) is 5.76 Å². The van der Waals surface area contributed by atoms with Crippen LogP contribution >= 0.6 is 11.6 Å². The number of carbonyl (C=O) groups excluding carboxylic acids is 1. The Morgan fingerprint density at radius 2 is 2.00 bits per heavy atom. The van der Waals surface area contributed by atoms with Crippen LogP contribution in [0.15, 0.2) is 28.8 Å². The molecular weight excluding hydrogens is 314 g/mol. The first-order chi connectivity index (χ1) is 11.1. The summed E-state index contributed by atoms with van der Waals surface area (Å²) < 4.78 is 5.54. The molecule has 0 fully saturated rings. The fraction of sp³-hybridized carbons (Fsp3) is 0.412. The summed E-state index contributed by atoms with van der Waals surface area (Å²) in [5, 5.41) is 4.87. The van der Waals surface area contributed by atoms with Crippen molar-refractivity contribution in [3.05, 3.63) is 40.5 Å². The maximum atomic E-state index is 12.5. The number of urea groups is 1. The Hall–Kier alpha value is -2.01. The Morgan fingerprint density at radius 3 is 2.65 bits per heavy atom. The van der Waals surface area contributed by atoms with E-state index in [1.165, 1.54) is 0 Å². The number of benzene rings is 1. The van der Waals surface area contributed by atoms with E-state index in [0.717, 1.165) is 29.0 Å². The highest BCUT2D eigenvalue weighted by atomic mass is 35.5. The molecule has 1 aromatic carbocycles. The van der Waals surface area contributed by atoms with Gasteiger partial charge in [0.2, 0.25) is 0 Å². The summed E-state index contributed by atoms with van der Waals surface area (Å²) >= 11 is 5.93. The van der Waals surface area contributed by atoms with Gasteiger partial charge in [0.05, 0.1) is 6.54 Å². The normalized spacial score (nSPS) is 13.8. The van der Waals surface area contributed by atoms with E-state index in [1.54, 1.807) is 0 Å². The number of fused-ring (bicyclic) bond motifs is 1. The number of aromatic nitrogens is 1. The van der Waals surface area contributed by atoms with E-state index in [-0.39, 0.29) is 6.03 Å². The molecule has 0 N–H and O–H groups in total. The van der Waals surface area contributed by atoms with E-state index in [0.29, 0.717) is 31.2 Å². The summed E-state index contributed by atoms with van der Waals surface area (Å²) in [5.41, 5.74) is 2.91. The molecule has 0 unspecified atom stereocenters. The summed E-state index contributed by atoms with van der Waals surface area (Å²) in [6.07, 6.45) is 0.754. The van der Waals surface area contributed by atoms with Crippen LogP contribution in [0.4, 0.5) is 4.79 Å². The van der Waals surface area contributed by atoms with Gasteiger partial charge in [-0.25, -0.2) is 4.79 Å². The predicted molar refractivity (Wildman–Crippen MR) is 89.4 cm³/mol. The van der Waals surface area contributed by atoms with Gasteiger partial charge in [0.1, 0.15) is 5.69 Å². The third-order valence-electron chi connectivity index (χ3n) is 4.25. The third-order valence-corrected chi connectivity index (χ3v) is 4.50. The largest absolute Gasteiger partial charge is 0.356 e. The molecule has 0 spiro atoms. The third kappa shape index (κ3) is 3.06. The molecule has 0 saturated heterocycles. The number of hydrogen-bond acceptors (Lipinski definition) is 3. The van der Waals surface area contributed by atoms with Crippen molar-refractivity contribution in [1.82, 2.24) is 15.0 Å². The summed E-state index contributed by atoms with van der Waals surface area (Å²) in [5.74, 6) is 0.784. The smallest absolute Gasteiger partial charge is 0.320 e. The van der Waals surface area contributed by atoms with Crippen molar-refractivity contribution in [2.75, 3.05) is 19.6 Å². The molecule has 0 atom stereocenters. The zero-order chi connectivity index (χ0) is 16.4. The molecule has 23 heavy (non-hydrogen) atoms. The van der Waals surface area contributed by atoms with E-state index >= 15 is 0 Å². The van der Waals surface area contributed by atoms with E-state index in [9.17, 15) is 4.79 Å². The van der Waals surface area contributed by atoms with Gasteiger partial charge in [-0.3, -0.25) is 0 Å². The zero-order valence-corrected chi connectivity index (χ0v) is 14.1. The van der Waals surface area contributed by atoms with Gasteiger partial charge in [0.25, 0.3) is 0 Å². The van der Waals surface area contributed by atoms with Gasteiger partial charge >= 0.3 is 6.03 Å². The Labute approximate surface area is 140 Å². The predicted octanol–water partition coefficient (Wildman–Crippen LogP) is 3.81. The molecule has 6 heteroatoms. The summed E-state index contributed by atoms with van der Waals surface area (Å²) in [6.45, 7) is 6.60. The standard InChI is InChI=1S/C17H20ClN3O2/c1-3-20(4-2)17(22)21-10-9-14-15(11-21)19-23-16(14)12-5-7-13(18)8-6-12/h5-8H,3-4,9-11H2,1-2H3. The summed E-state index contributed by atoms with van der Waals surface area (Å²) in [7, 11) is 0. The Bertz CT molecular complexity index is 692. The lowest BCUT2D eigenvalue weighted by atomic mass is 10.0. The summed E-state index contributed by atoms with van der Waals surface area (Å²) in [4.78, 5) is 16.1. The van der Waals surface area contributed by atoms with Crippen LogP contribution in [-0.2, 0) is 13.0 Å². The van der Waals surface area contributed by atoms with Crippen LogP contribution < -0.4 is 0 Å². The van der Waals surface area contributed by atoms with Crippen molar-refractivity contribution < 1.29 is 9.32 Å². The van der Waals surface area contributed by atoms with Crippen LogP contribution in [0.25, 0.3) is 11.3 Å². The van der Waals surface area contributed by atoms with E-state index in [2.05, 4.69) is 5.16 Å². The molecule has 2 heterocycles. The first-order valence-electron chi connectivity index (χ1n) is 7.91. The van der Waals surface area contributed by atoms with Crippen LogP contribution in [0.2, 0.25) is 5.02 Å². The molecule has 0 bridgehead atoms. The van der Waals surface area contributed by atoms with Gasteiger partial charge in [0, 0.05) is 35.8 Å². The maximum absolute atomic E-state index is 12.5. The Kier molecular flexibility index (Phi) is 4.57. The van der Waals surface area contributed by atoms with Crippen LogP contribution in [0.3, 0.4) is 0 Å². The average molecular weight is 334 g/mol. The lowest BCUT2D eigenvalue weighted by Crippen LogP contribution is -2.45. The number of nitrogens with zero attached hydrogens (tertiary/aromatic N) is 3. The molecule has 2 aromatic rings. The van der Waals surface area contributed by atoms with Crippen LogP contribution in [0.5, 0.6) is 0 Å². The molecule has 0 saturated carbocycles. The molecular formula is C17H20ClN3O2. The second-order valence-electron chi connectivity index (χ2n) is 5.57. The SMILES string of the molecule is CCN(CC)C(=O)N1CCc2c(noc2-c2ccc(Cl)cc2)C1. The van der Waals surface area contributed by atoms with E-state index in [4.69, 9.17) is 16.1 Å². The number of carbonyl (C=O) groups is 1. The quantitative estimate of drug-likeness (QED) is 0.858. The van der Waals surface area contributed by atoms with Crippen molar-refractivity contribution in [2.45, 2.75) is 26.8 Å². The second kappa shape index (κ2) is 6.62. The van der Waals surface area contributed by atoms with Crippen LogP contribution in [-0.4, -0.2) is 40.6 Å². The van der Waals surface area contributed by atoms with Crippen LogP contribution in [0, 0.1) is 0 Å². The van der Waals surface area contributed by atoms with Crippen molar-refractivity contribution in [1.29, 1.82) is 0 Å². The lowest BCUT2D eigenvalue weighted by Gasteiger charge is -2.31. The van der Waals surface area contributed by atoms with E-state index in [1.807, 2.05) is 47.9 Å². The minimum atomic E-state index is 0.0664.